The molecule has 0 amide bonds. The molecule has 0 bridgehead atoms. The number of carbonyl (C=O) groups excluding carboxylic acids is 1. The number of hydrogen-bond donors (Lipinski definition) is 0. The number of hydrogen-bond acceptors (Lipinski definition) is 7. The van der Waals surface area contributed by atoms with Gasteiger partial charge in [0.1, 0.15) is 5.75 Å². The zero-order valence-electron chi connectivity index (χ0n) is 18.3. The van der Waals surface area contributed by atoms with E-state index in [0.29, 0.717) is 22.8 Å². The summed E-state index contributed by atoms with van der Waals surface area (Å²) in [6, 6.07) is 11.2. The summed E-state index contributed by atoms with van der Waals surface area (Å²) in [4.78, 5) is 17.7. The fourth-order valence-electron chi connectivity index (χ4n) is 3.80. The molecule has 0 aliphatic carbocycles. The maximum absolute atomic E-state index is 13.2. The largest absolute Gasteiger partial charge is 0.497 e. The number of piperazine rings is 1. The van der Waals surface area contributed by atoms with Crippen molar-refractivity contribution in [2.75, 3.05) is 59.5 Å². The number of anilines is 1. The minimum atomic E-state index is -0.250. The fraction of sp³-hybridized carbons (Fsp3) is 0.435. The first-order valence-electron chi connectivity index (χ1n) is 9.99. The van der Waals surface area contributed by atoms with E-state index in [-0.39, 0.29) is 11.8 Å². The van der Waals surface area contributed by atoms with Crippen LogP contribution in [0.25, 0.3) is 0 Å². The van der Waals surface area contributed by atoms with Gasteiger partial charge in [-0.15, -0.1) is 0 Å². The van der Waals surface area contributed by atoms with Gasteiger partial charge in [-0.3, -0.25) is 9.69 Å². The minimum Gasteiger partial charge on any atom is -0.497 e. The minimum absolute atomic E-state index is 0.0316. The van der Waals surface area contributed by atoms with Crippen molar-refractivity contribution in [3.8, 4) is 23.0 Å². The van der Waals surface area contributed by atoms with Crippen LogP contribution in [-0.4, -0.2) is 71.3 Å². The Morgan fingerprint density at radius 2 is 1.50 bits per heavy atom. The van der Waals surface area contributed by atoms with E-state index in [4.69, 9.17) is 18.9 Å². The van der Waals surface area contributed by atoms with E-state index in [2.05, 4.69) is 15.9 Å². The van der Waals surface area contributed by atoms with Gasteiger partial charge in [0, 0.05) is 43.5 Å². The fourth-order valence-corrected chi connectivity index (χ4v) is 3.80. The Balaban J connectivity index is 1.70. The molecule has 30 heavy (non-hydrogen) atoms. The van der Waals surface area contributed by atoms with Gasteiger partial charge in [0.2, 0.25) is 5.75 Å². The third-order valence-corrected chi connectivity index (χ3v) is 5.61. The molecule has 0 saturated carbocycles. The van der Waals surface area contributed by atoms with E-state index < -0.39 is 0 Å². The van der Waals surface area contributed by atoms with Gasteiger partial charge in [0.25, 0.3) is 0 Å². The van der Waals surface area contributed by atoms with Crippen molar-refractivity contribution in [2.24, 2.45) is 0 Å². The Labute approximate surface area is 178 Å². The molecule has 0 N–H and O–H groups in total. The smallest absolute Gasteiger partial charge is 0.203 e. The second-order valence-electron chi connectivity index (χ2n) is 7.18. The first kappa shape index (κ1) is 21.8. The van der Waals surface area contributed by atoms with E-state index in [1.54, 1.807) is 40.6 Å². The summed E-state index contributed by atoms with van der Waals surface area (Å²) in [5.41, 5.74) is 1.69. The second-order valence-corrected chi connectivity index (χ2v) is 7.18. The average molecular weight is 415 g/mol. The Kier molecular flexibility index (Phi) is 7.05. The summed E-state index contributed by atoms with van der Waals surface area (Å²) < 4.78 is 21.5. The average Bonchev–Trinajstić information content (AvgIpc) is 2.82. The van der Waals surface area contributed by atoms with Crippen LogP contribution >= 0.6 is 0 Å². The lowest BCUT2D eigenvalue weighted by molar-refractivity contribution is 0.0829. The summed E-state index contributed by atoms with van der Waals surface area (Å²) in [6.45, 7) is 5.25. The number of rotatable bonds is 8. The summed E-state index contributed by atoms with van der Waals surface area (Å²) >= 11 is 0. The van der Waals surface area contributed by atoms with Gasteiger partial charge in [0.15, 0.2) is 17.3 Å². The van der Waals surface area contributed by atoms with Crippen LogP contribution in [0.1, 0.15) is 17.3 Å². The van der Waals surface area contributed by atoms with E-state index in [1.165, 1.54) is 0 Å². The highest BCUT2D eigenvalue weighted by molar-refractivity contribution is 6.01. The van der Waals surface area contributed by atoms with Crippen LogP contribution < -0.4 is 23.8 Å². The third-order valence-electron chi connectivity index (χ3n) is 5.61. The number of Topliss-reactive ketones (excluding diaryl/α,β-unsaturated/α-hetero) is 1. The standard InChI is InChI=1S/C23H30N2O5/c1-16(22(26)17-13-20(28-3)23(30-5)21(14-17)29-4)24-9-11-25(12-10-24)18-7-6-8-19(15-18)27-2/h6-8,13-16H,9-12H2,1-5H3. The number of nitrogens with zero attached hydrogens (tertiary/aromatic N) is 2. The van der Waals surface area contributed by atoms with Crippen LogP contribution in [0.5, 0.6) is 23.0 Å². The number of carbonyl (C=O) groups is 1. The summed E-state index contributed by atoms with van der Waals surface area (Å²) in [6.07, 6.45) is 0. The number of ketones is 1. The number of benzene rings is 2. The molecule has 7 heteroatoms. The highest BCUT2D eigenvalue weighted by Crippen LogP contribution is 2.38. The van der Waals surface area contributed by atoms with Crippen LogP contribution in [0.2, 0.25) is 0 Å². The maximum Gasteiger partial charge on any atom is 0.203 e. The van der Waals surface area contributed by atoms with Crippen molar-refractivity contribution in [2.45, 2.75) is 13.0 Å². The van der Waals surface area contributed by atoms with Crippen LogP contribution in [-0.2, 0) is 0 Å². The van der Waals surface area contributed by atoms with Crippen molar-refractivity contribution in [3.05, 3.63) is 42.0 Å². The van der Waals surface area contributed by atoms with Gasteiger partial charge >= 0.3 is 0 Å². The van der Waals surface area contributed by atoms with Crippen LogP contribution in [0, 0.1) is 0 Å². The molecule has 1 aliphatic heterocycles. The summed E-state index contributed by atoms with van der Waals surface area (Å²) in [5, 5.41) is 0. The summed E-state index contributed by atoms with van der Waals surface area (Å²) in [7, 11) is 6.32. The van der Waals surface area contributed by atoms with Crippen molar-refractivity contribution < 1.29 is 23.7 Å². The highest BCUT2D eigenvalue weighted by Gasteiger charge is 2.28. The molecule has 1 unspecified atom stereocenters. The number of methoxy groups -OCH3 is 4. The predicted molar refractivity (Wildman–Crippen MR) is 117 cm³/mol. The van der Waals surface area contributed by atoms with Crippen LogP contribution in [0.15, 0.2) is 36.4 Å². The lowest BCUT2D eigenvalue weighted by Crippen LogP contribution is -2.51. The van der Waals surface area contributed by atoms with E-state index in [9.17, 15) is 4.79 Å². The van der Waals surface area contributed by atoms with Crippen LogP contribution in [0.4, 0.5) is 5.69 Å². The quantitative estimate of drug-likeness (QED) is 0.615. The van der Waals surface area contributed by atoms with E-state index in [1.807, 2.05) is 25.1 Å². The molecule has 162 valence electrons. The van der Waals surface area contributed by atoms with Gasteiger partial charge in [-0.05, 0) is 31.2 Å². The molecular formula is C23H30N2O5. The van der Waals surface area contributed by atoms with E-state index in [0.717, 1.165) is 37.6 Å². The SMILES string of the molecule is COc1cccc(N2CCN(C(C)C(=O)c3cc(OC)c(OC)c(OC)c3)CC2)c1. The molecule has 7 nitrogen and oxygen atoms in total. The molecule has 1 fully saturated rings. The molecule has 0 radical (unpaired) electrons. The Morgan fingerprint density at radius 3 is 2.03 bits per heavy atom. The first-order valence-corrected chi connectivity index (χ1v) is 9.99. The van der Waals surface area contributed by atoms with Crippen molar-refractivity contribution in [1.29, 1.82) is 0 Å². The van der Waals surface area contributed by atoms with Gasteiger partial charge in [-0.1, -0.05) is 6.07 Å². The maximum atomic E-state index is 13.2. The molecule has 2 aromatic rings. The number of ether oxygens (including phenoxy) is 4. The van der Waals surface area contributed by atoms with E-state index >= 15 is 0 Å². The van der Waals surface area contributed by atoms with Gasteiger partial charge in [-0.25, -0.2) is 0 Å². The topological polar surface area (TPSA) is 60.5 Å². The zero-order chi connectivity index (χ0) is 21.7. The lowest BCUT2D eigenvalue weighted by atomic mass is 10.0. The monoisotopic (exact) mass is 414 g/mol. The molecule has 0 aromatic heterocycles. The molecular weight excluding hydrogens is 384 g/mol. The summed E-state index contributed by atoms with van der Waals surface area (Å²) in [5.74, 6) is 2.33. The molecule has 2 aromatic carbocycles. The van der Waals surface area contributed by atoms with Crippen molar-refractivity contribution >= 4 is 11.5 Å². The molecule has 1 aliphatic rings. The molecule has 0 spiro atoms. The Bertz CT molecular complexity index is 853. The predicted octanol–water partition coefficient (Wildman–Crippen LogP) is 3.11. The van der Waals surface area contributed by atoms with Gasteiger partial charge in [-0.2, -0.15) is 0 Å². The Hall–Kier alpha value is -2.93. The highest BCUT2D eigenvalue weighted by atomic mass is 16.5. The molecule has 1 atom stereocenters. The normalized spacial score (nSPS) is 15.4. The molecule has 1 saturated heterocycles. The molecule has 1 heterocycles. The zero-order valence-corrected chi connectivity index (χ0v) is 18.3. The lowest BCUT2D eigenvalue weighted by Gasteiger charge is -2.38. The van der Waals surface area contributed by atoms with Crippen molar-refractivity contribution in [1.82, 2.24) is 4.90 Å². The van der Waals surface area contributed by atoms with Crippen LogP contribution in [0.3, 0.4) is 0 Å². The second kappa shape index (κ2) is 9.71. The van der Waals surface area contributed by atoms with Crippen molar-refractivity contribution in [3.63, 3.8) is 0 Å². The third kappa shape index (κ3) is 4.46. The van der Waals surface area contributed by atoms with Gasteiger partial charge in [0.05, 0.1) is 34.5 Å². The first-order chi connectivity index (χ1) is 14.5. The van der Waals surface area contributed by atoms with Gasteiger partial charge < -0.3 is 23.8 Å². The Morgan fingerprint density at radius 1 is 0.867 bits per heavy atom. The molecule has 3 rings (SSSR count).